The second-order valence-electron chi connectivity index (χ2n) is 3.30. The van der Waals surface area contributed by atoms with Crippen LogP contribution in [0.1, 0.15) is 17.2 Å². The summed E-state index contributed by atoms with van der Waals surface area (Å²) in [7, 11) is 0. The van der Waals surface area contributed by atoms with Crippen LogP contribution in [0.5, 0.6) is 0 Å². The number of aromatic nitrogens is 2. The van der Waals surface area contributed by atoms with Crippen LogP contribution in [0.25, 0.3) is 0 Å². The highest BCUT2D eigenvalue weighted by atomic mass is 35.5. The fraction of sp³-hybridized carbons (Fsp3) is 0.0909. The van der Waals surface area contributed by atoms with Gasteiger partial charge >= 0.3 is 0 Å². The molecular weight excluding hydrogens is 224 g/mol. The van der Waals surface area contributed by atoms with E-state index in [9.17, 15) is 0 Å². The minimum absolute atomic E-state index is 0.126. The summed E-state index contributed by atoms with van der Waals surface area (Å²) >= 11 is 5.73. The van der Waals surface area contributed by atoms with Crippen molar-refractivity contribution in [2.45, 2.75) is 6.04 Å². The number of nitrogens with zero attached hydrogens (tertiary/aromatic N) is 2. The number of rotatable bonds is 3. The van der Waals surface area contributed by atoms with Crippen LogP contribution in [0.3, 0.4) is 0 Å². The molecule has 82 valence electrons. The summed E-state index contributed by atoms with van der Waals surface area (Å²) in [5.41, 5.74) is 4.66. The molecule has 0 amide bonds. The van der Waals surface area contributed by atoms with E-state index in [0.717, 1.165) is 11.1 Å². The van der Waals surface area contributed by atoms with E-state index < -0.39 is 0 Å². The summed E-state index contributed by atoms with van der Waals surface area (Å²) in [5.74, 6) is 5.54. The molecule has 0 aliphatic rings. The van der Waals surface area contributed by atoms with E-state index in [2.05, 4.69) is 15.4 Å². The lowest BCUT2D eigenvalue weighted by molar-refractivity contribution is 0.632. The predicted molar refractivity (Wildman–Crippen MR) is 62.7 cm³/mol. The monoisotopic (exact) mass is 234 g/mol. The number of halogens is 1. The Morgan fingerprint density at radius 1 is 1.19 bits per heavy atom. The zero-order valence-electron chi connectivity index (χ0n) is 8.47. The quantitative estimate of drug-likeness (QED) is 0.482. The van der Waals surface area contributed by atoms with Gasteiger partial charge in [0.25, 0.3) is 0 Å². The normalized spacial score (nSPS) is 12.4. The number of hydrazine groups is 1. The first-order valence-corrected chi connectivity index (χ1v) is 5.16. The van der Waals surface area contributed by atoms with Gasteiger partial charge in [0.2, 0.25) is 0 Å². The maximum absolute atomic E-state index is 5.73. The van der Waals surface area contributed by atoms with Gasteiger partial charge in [-0.25, -0.2) is 10.4 Å². The van der Waals surface area contributed by atoms with Crippen LogP contribution in [-0.2, 0) is 0 Å². The summed E-state index contributed by atoms with van der Waals surface area (Å²) in [6, 6.07) is 7.30. The molecule has 0 aliphatic carbocycles. The third-order valence-electron chi connectivity index (χ3n) is 2.27. The van der Waals surface area contributed by atoms with Crippen LogP contribution >= 0.6 is 11.6 Å². The topological polar surface area (TPSA) is 63.8 Å². The van der Waals surface area contributed by atoms with Crippen molar-refractivity contribution in [1.82, 2.24) is 15.4 Å². The molecule has 0 aliphatic heterocycles. The van der Waals surface area contributed by atoms with Crippen molar-refractivity contribution in [3.05, 3.63) is 59.1 Å². The maximum Gasteiger partial charge on any atom is 0.129 e. The lowest BCUT2D eigenvalue weighted by atomic mass is 10.0. The number of nitrogens with two attached hydrogens (primary N) is 1. The van der Waals surface area contributed by atoms with Crippen molar-refractivity contribution in [1.29, 1.82) is 0 Å². The molecule has 0 bridgehead atoms. The number of nitrogens with one attached hydrogen (secondary N) is 1. The largest absolute Gasteiger partial charge is 0.271 e. The van der Waals surface area contributed by atoms with E-state index in [0.29, 0.717) is 5.15 Å². The standard InChI is InChI=1S/C11H11ClN4/c12-10-4-3-9(7-15-10)11(16-13)8-2-1-5-14-6-8/h1-7,11,16H,13H2. The Morgan fingerprint density at radius 2 is 2.00 bits per heavy atom. The molecule has 3 N–H and O–H groups in total. The van der Waals surface area contributed by atoms with Crippen molar-refractivity contribution in [2.24, 2.45) is 5.84 Å². The van der Waals surface area contributed by atoms with Crippen LogP contribution in [0.4, 0.5) is 0 Å². The second kappa shape index (κ2) is 5.03. The summed E-state index contributed by atoms with van der Waals surface area (Å²) in [5, 5.41) is 0.464. The van der Waals surface area contributed by atoms with Gasteiger partial charge < -0.3 is 0 Å². The Kier molecular flexibility index (Phi) is 3.46. The molecule has 2 heterocycles. The Balaban J connectivity index is 2.33. The Labute approximate surface area is 98.5 Å². The molecular formula is C11H11ClN4. The van der Waals surface area contributed by atoms with Gasteiger partial charge in [-0.05, 0) is 23.3 Å². The van der Waals surface area contributed by atoms with Gasteiger partial charge in [-0.3, -0.25) is 10.8 Å². The van der Waals surface area contributed by atoms with Gasteiger partial charge in [0.15, 0.2) is 0 Å². The van der Waals surface area contributed by atoms with Gasteiger partial charge in [0.05, 0.1) is 6.04 Å². The highest BCUT2D eigenvalue weighted by Gasteiger charge is 2.12. The minimum Gasteiger partial charge on any atom is -0.271 e. The summed E-state index contributed by atoms with van der Waals surface area (Å²) in [4.78, 5) is 8.08. The zero-order valence-corrected chi connectivity index (χ0v) is 9.22. The zero-order chi connectivity index (χ0) is 11.4. The van der Waals surface area contributed by atoms with E-state index in [1.807, 2.05) is 18.2 Å². The van der Waals surface area contributed by atoms with Crippen molar-refractivity contribution in [2.75, 3.05) is 0 Å². The molecule has 0 fully saturated rings. The van der Waals surface area contributed by atoms with E-state index in [4.69, 9.17) is 17.4 Å². The summed E-state index contributed by atoms with van der Waals surface area (Å²) in [6.07, 6.45) is 5.18. The number of hydrogen-bond acceptors (Lipinski definition) is 4. The molecule has 2 aromatic rings. The molecule has 1 atom stereocenters. The van der Waals surface area contributed by atoms with E-state index in [1.54, 1.807) is 24.7 Å². The summed E-state index contributed by atoms with van der Waals surface area (Å²) in [6.45, 7) is 0. The third-order valence-corrected chi connectivity index (χ3v) is 2.49. The predicted octanol–water partition coefficient (Wildman–Crippen LogP) is 1.68. The van der Waals surface area contributed by atoms with Crippen LogP contribution in [0, 0.1) is 0 Å². The molecule has 2 aromatic heterocycles. The Bertz CT molecular complexity index is 443. The van der Waals surface area contributed by atoms with Crippen molar-refractivity contribution in [3.8, 4) is 0 Å². The first-order valence-electron chi connectivity index (χ1n) is 4.79. The Morgan fingerprint density at radius 3 is 2.56 bits per heavy atom. The molecule has 2 rings (SSSR count). The summed E-state index contributed by atoms with van der Waals surface area (Å²) < 4.78 is 0. The highest BCUT2D eigenvalue weighted by molar-refractivity contribution is 6.29. The lowest BCUT2D eigenvalue weighted by Crippen LogP contribution is -2.28. The fourth-order valence-electron chi connectivity index (χ4n) is 1.49. The SMILES string of the molecule is NNC(c1cccnc1)c1ccc(Cl)nc1. The van der Waals surface area contributed by atoms with Crippen molar-refractivity contribution < 1.29 is 0 Å². The van der Waals surface area contributed by atoms with Crippen LogP contribution in [0.15, 0.2) is 42.9 Å². The highest BCUT2D eigenvalue weighted by Crippen LogP contribution is 2.20. The van der Waals surface area contributed by atoms with Gasteiger partial charge in [-0.15, -0.1) is 0 Å². The smallest absolute Gasteiger partial charge is 0.129 e. The second-order valence-corrected chi connectivity index (χ2v) is 3.69. The minimum atomic E-state index is -0.126. The van der Waals surface area contributed by atoms with Gasteiger partial charge in [0, 0.05) is 18.6 Å². The average Bonchev–Trinajstić information content (AvgIpc) is 2.34. The molecule has 0 saturated heterocycles. The van der Waals surface area contributed by atoms with Gasteiger partial charge in [-0.1, -0.05) is 23.7 Å². The fourth-order valence-corrected chi connectivity index (χ4v) is 1.60. The van der Waals surface area contributed by atoms with E-state index >= 15 is 0 Å². The maximum atomic E-state index is 5.73. The molecule has 5 heteroatoms. The molecule has 0 spiro atoms. The lowest BCUT2D eigenvalue weighted by Gasteiger charge is -2.15. The van der Waals surface area contributed by atoms with Crippen LogP contribution in [0.2, 0.25) is 5.15 Å². The Hall–Kier alpha value is -1.49. The number of hydrogen-bond donors (Lipinski definition) is 2. The van der Waals surface area contributed by atoms with Crippen molar-refractivity contribution in [3.63, 3.8) is 0 Å². The van der Waals surface area contributed by atoms with Crippen LogP contribution in [-0.4, -0.2) is 9.97 Å². The molecule has 16 heavy (non-hydrogen) atoms. The molecule has 0 aromatic carbocycles. The van der Waals surface area contributed by atoms with Crippen molar-refractivity contribution >= 4 is 11.6 Å². The van der Waals surface area contributed by atoms with E-state index in [1.165, 1.54) is 0 Å². The molecule has 0 radical (unpaired) electrons. The number of pyridine rings is 2. The molecule has 0 saturated carbocycles. The van der Waals surface area contributed by atoms with Gasteiger partial charge in [0.1, 0.15) is 5.15 Å². The van der Waals surface area contributed by atoms with E-state index in [-0.39, 0.29) is 6.04 Å². The van der Waals surface area contributed by atoms with Gasteiger partial charge in [-0.2, -0.15) is 0 Å². The first kappa shape index (κ1) is 11.0. The molecule has 1 unspecified atom stereocenters. The molecule has 4 nitrogen and oxygen atoms in total. The first-order chi connectivity index (χ1) is 7.81. The average molecular weight is 235 g/mol. The third kappa shape index (κ3) is 2.36. The van der Waals surface area contributed by atoms with Crippen LogP contribution < -0.4 is 11.3 Å².